The Morgan fingerprint density at radius 3 is 2.21 bits per heavy atom. The van der Waals surface area contributed by atoms with Crippen molar-refractivity contribution in [2.24, 2.45) is 0 Å². The molecule has 130 valence electrons. The monoisotopic (exact) mass is 344 g/mol. The maximum atomic E-state index is 10.7. The number of aromatic hydroxyl groups is 1. The minimum absolute atomic E-state index is 0.164. The molecule has 0 saturated heterocycles. The molecule has 24 heavy (non-hydrogen) atoms. The van der Waals surface area contributed by atoms with Crippen molar-refractivity contribution in [2.45, 2.75) is 58.7 Å². The molecule has 2 N–H and O–H groups in total. The van der Waals surface area contributed by atoms with Gasteiger partial charge in [0.05, 0.1) is 5.60 Å². The van der Waals surface area contributed by atoms with Crippen molar-refractivity contribution in [3.05, 3.63) is 58.7 Å². The highest BCUT2D eigenvalue weighted by Crippen LogP contribution is 2.48. The third-order valence-electron chi connectivity index (χ3n) is 4.74. The van der Waals surface area contributed by atoms with Gasteiger partial charge >= 0.3 is 0 Å². The molecule has 0 spiro atoms. The van der Waals surface area contributed by atoms with Crippen LogP contribution in [0.5, 0.6) is 5.75 Å². The molecule has 0 aliphatic rings. The van der Waals surface area contributed by atoms with Crippen LogP contribution in [0.2, 0.25) is 0 Å². The zero-order chi connectivity index (χ0) is 18.1. The lowest BCUT2D eigenvalue weighted by atomic mass is 9.93. The van der Waals surface area contributed by atoms with Gasteiger partial charge in [-0.2, -0.15) is 0 Å². The molecule has 3 heteroatoms. The molecule has 0 saturated carbocycles. The van der Waals surface area contributed by atoms with Crippen LogP contribution in [-0.4, -0.2) is 10.2 Å². The topological polar surface area (TPSA) is 40.5 Å². The molecule has 0 bridgehead atoms. The molecule has 0 heterocycles. The molecular weight excluding hydrogens is 315 g/mol. The number of rotatable bonds is 5. The Labute approximate surface area is 147 Å². The zero-order valence-electron chi connectivity index (χ0n) is 15.6. The van der Waals surface area contributed by atoms with E-state index in [1.807, 2.05) is 45.0 Å². The van der Waals surface area contributed by atoms with Crippen molar-refractivity contribution in [1.82, 2.24) is 0 Å². The van der Waals surface area contributed by atoms with Crippen LogP contribution in [0.25, 0.3) is 0 Å². The molecule has 0 amide bonds. The predicted molar refractivity (Wildman–Crippen MR) is 105 cm³/mol. The van der Waals surface area contributed by atoms with Crippen LogP contribution >= 0.6 is 8.58 Å². The number of aliphatic hydroxyl groups is 1. The van der Waals surface area contributed by atoms with E-state index in [2.05, 4.69) is 32.9 Å². The molecule has 2 rings (SSSR count). The molecule has 0 aromatic heterocycles. The van der Waals surface area contributed by atoms with Gasteiger partial charge in [-0.1, -0.05) is 64.4 Å². The second kappa shape index (κ2) is 6.86. The van der Waals surface area contributed by atoms with Gasteiger partial charge < -0.3 is 10.2 Å². The fourth-order valence-electron chi connectivity index (χ4n) is 3.15. The van der Waals surface area contributed by atoms with E-state index >= 15 is 0 Å². The highest BCUT2D eigenvalue weighted by molar-refractivity contribution is 7.48. The lowest BCUT2D eigenvalue weighted by Crippen LogP contribution is -2.26. The molecule has 0 aliphatic heterocycles. The molecule has 2 aromatic carbocycles. The van der Waals surface area contributed by atoms with Crippen LogP contribution in [0.4, 0.5) is 0 Å². The molecule has 2 aromatic rings. The van der Waals surface area contributed by atoms with Crippen LogP contribution in [0.1, 0.15) is 56.4 Å². The first-order valence-corrected chi connectivity index (χ1v) is 9.49. The number of benzene rings is 2. The number of hydrogen-bond donors (Lipinski definition) is 2. The summed E-state index contributed by atoms with van der Waals surface area (Å²) in [4.78, 5) is 0. The summed E-state index contributed by atoms with van der Waals surface area (Å²) in [5.41, 5.74) is 3.19. The normalized spacial score (nSPS) is 15.0. The minimum Gasteiger partial charge on any atom is -0.507 e. The second-order valence-corrected chi connectivity index (χ2v) is 9.29. The molecule has 2 unspecified atom stereocenters. The number of aryl methyl sites for hydroxylation is 2. The molecule has 0 radical (unpaired) electrons. The maximum Gasteiger partial charge on any atom is 0.122 e. The predicted octanol–water partition coefficient (Wildman–Crippen LogP) is 4.87. The van der Waals surface area contributed by atoms with Gasteiger partial charge in [0.2, 0.25) is 0 Å². The van der Waals surface area contributed by atoms with Crippen LogP contribution in [0, 0.1) is 13.8 Å². The standard InChI is InChI=1S/C21H29O2P/c1-7-21(6,17-13-14(2)12-15(3)19(17)22)24-18-11-9-8-10-16(18)20(4,5)23/h8-13,22-24H,7H2,1-6H3. The van der Waals surface area contributed by atoms with Crippen molar-refractivity contribution in [3.63, 3.8) is 0 Å². The Kier molecular flexibility index (Phi) is 5.42. The largest absolute Gasteiger partial charge is 0.507 e. The Bertz CT molecular complexity index is 731. The summed E-state index contributed by atoms with van der Waals surface area (Å²) in [7, 11) is 0.467. The average molecular weight is 344 g/mol. The SMILES string of the molecule is CCC(C)(Pc1ccccc1C(C)(C)O)c1cc(C)cc(C)c1O. The van der Waals surface area contributed by atoms with Crippen molar-refractivity contribution < 1.29 is 10.2 Å². The molecular formula is C21H29O2P. The second-order valence-electron chi connectivity index (χ2n) is 7.39. The summed E-state index contributed by atoms with van der Waals surface area (Å²) in [6.45, 7) is 12.1. The summed E-state index contributed by atoms with van der Waals surface area (Å²) in [5, 5.41) is 22.2. The van der Waals surface area contributed by atoms with E-state index in [1.54, 1.807) is 0 Å². The Balaban J connectivity index is 2.54. The van der Waals surface area contributed by atoms with Gasteiger partial charge in [-0.05, 0) is 50.5 Å². The maximum absolute atomic E-state index is 10.7. The van der Waals surface area contributed by atoms with E-state index in [-0.39, 0.29) is 5.16 Å². The van der Waals surface area contributed by atoms with Crippen molar-refractivity contribution >= 4 is 13.9 Å². The Hall–Kier alpha value is -1.37. The molecule has 0 aliphatic carbocycles. The van der Waals surface area contributed by atoms with Gasteiger partial charge in [0.15, 0.2) is 0 Å². The first-order chi connectivity index (χ1) is 11.1. The van der Waals surface area contributed by atoms with Gasteiger partial charge in [-0.3, -0.25) is 0 Å². The van der Waals surface area contributed by atoms with Gasteiger partial charge in [0.1, 0.15) is 5.75 Å². The number of phenolic OH excluding ortho intramolecular Hbond substituents is 1. The van der Waals surface area contributed by atoms with E-state index in [0.29, 0.717) is 14.3 Å². The van der Waals surface area contributed by atoms with Crippen molar-refractivity contribution in [2.75, 3.05) is 0 Å². The number of phenols is 1. The fraction of sp³-hybridized carbons (Fsp3) is 0.429. The van der Waals surface area contributed by atoms with Gasteiger partial charge in [0.25, 0.3) is 0 Å². The summed E-state index contributed by atoms with van der Waals surface area (Å²) in [6.07, 6.45) is 0.919. The molecule has 2 nitrogen and oxygen atoms in total. The zero-order valence-corrected chi connectivity index (χ0v) is 16.6. The minimum atomic E-state index is -0.872. The first kappa shape index (κ1) is 19.0. The van der Waals surface area contributed by atoms with Gasteiger partial charge in [-0.15, -0.1) is 0 Å². The van der Waals surface area contributed by atoms with Crippen molar-refractivity contribution in [1.29, 1.82) is 0 Å². The lowest BCUT2D eigenvalue weighted by molar-refractivity contribution is 0.0797. The Morgan fingerprint density at radius 2 is 1.62 bits per heavy atom. The lowest BCUT2D eigenvalue weighted by Gasteiger charge is -2.33. The Morgan fingerprint density at radius 1 is 1.00 bits per heavy atom. The van der Waals surface area contributed by atoms with Crippen LogP contribution in [-0.2, 0) is 10.8 Å². The average Bonchev–Trinajstić information content (AvgIpc) is 2.50. The van der Waals surface area contributed by atoms with Gasteiger partial charge in [0, 0.05) is 10.7 Å². The highest BCUT2D eigenvalue weighted by Gasteiger charge is 2.31. The summed E-state index contributed by atoms with van der Waals surface area (Å²) in [5.74, 6) is 0.401. The quantitative estimate of drug-likeness (QED) is 0.760. The third kappa shape index (κ3) is 3.82. The summed E-state index contributed by atoms with van der Waals surface area (Å²) < 4.78 is 0. The third-order valence-corrected chi connectivity index (χ3v) is 6.62. The number of hydrogen-bond acceptors (Lipinski definition) is 2. The summed E-state index contributed by atoms with van der Waals surface area (Å²) in [6, 6.07) is 12.2. The molecule has 2 atom stereocenters. The van der Waals surface area contributed by atoms with Crippen LogP contribution < -0.4 is 5.30 Å². The van der Waals surface area contributed by atoms with E-state index in [4.69, 9.17) is 0 Å². The van der Waals surface area contributed by atoms with E-state index in [0.717, 1.165) is 28.4 Å². The van der Waals surface area contributed by atoms with E-state index < -0.39 is 5.60 Å². The van der Waals surface area contributed by atoms with Crippen LogP contribution in [0.3, 0.4) is 0 Å². The smallest absolute Gasteiger partial charge is 0.122 e. The van der Waals surface area contributed by atoms with Crippen molar-refractivity contribution in [3.8, 4) is 5.75 Å². The van der Waals surface area contributed by atoms with E-state index in [9.17, 15) is 10.2 Å². The van der Waals surface area contributed by atoms with E-state index in [1.165, 1.54) is 5.56 Å². The highest BCUT2D eigenvalue weighted by atomic mass is 31.1. The van der Waals surface area contributed by atoms with Gasteiger partial charge in [-0.25, -0.2) is 0 Å². The van der Waals surface area contributed by atoms with Crippen LogP contribution in [0.15, 0.2) is 36.4 Å². The fourth-order valence-corrected chi connectivity index (χ4v) is 4.95. The summed E-state index contributed by atoms with van der Waals surface area (Å²) >= 11 is 0. The first-order valence-electron chi connectivity index (χ1n) is 8.49. The molecule has 0 fully saturated rings.